The Bertz CT molecular complexity index is 957. The third-order valence-corrected chi connectivity index (χ3v) is 4.08. The van der Waals surface area contributed by atoms with E-state index in [1.165, 1.54) is 13.0 Å². The van der Waals surface area contributed by atoms with Gasteiger partial charge in [-0.25, -0.2) is 0 Å². The van der Waals surface area contributed by atoms with Gasteiger partial charge in [-0.3, -0.25) is 14.9 Å². The molecule has 2 aromatic rings. The van der Waals surface area contributed by atoms with Gasteiger partial charge in [0.05, 0.1) is 14.2 Å². The van der Waals surface area contributed by atoms with Crippen LogP contribution in [0.2, 0.25) is 0 Å². The number of hydrogen-bond acceptors (Lipinski definition) is 5. The Balaban J connectivity index is 1.98. The van der Waals surface area contributed by atoms with E-state index >= 15 is 0 Å². The van der Waals surface area contributed by atoms with Crippen molar-refractivity contribution < 1.29 is 19.1 Å². The van der Waals surface area contributed by atoms with Crippen molar-refractivity contribution >= 4 is 46.6 Å². The number of ether oxygens (including phenoxy) is 2. The van der Waals surface area contributed by atoms with Crippen LogP contribution < -0.4 is 25.4 Å². The van der Waals surface area contributed by atoms with Crippen molar-refractivity contribution in [2.24, 2.45) is 0 Å². The molecule has 2 rings (SSSR count). The average molecular weight is 413 g/mol. The van der Waals surface area contributed by atoms with Crippen molar-refractivity contribution in [2.75, 3.05) is 24.9 Å². The summed E-state index contributed by atoms with van der Waals surface area (Å²) in [5.74, 6) is 0.630. The van der Waals surface area contributed by atoms with Gasteiger partial charge in [0.25, 0.3) is 0 Å². The summed E-state index contributed by atoms with van der Waals surface area (Å²) in [7, 11) is 3.10. The standard InChI is InChI=1S/C21H23N3O4S/c1-13-5-8-16(12-17(13)22-14(2)25)23-21(29)24-20(26)10-7-15-6-9-18(27-3)19(11-15)28-4/h5-12H,1-4H3,(H,22,25)(H2,23,24,26,29)/b10-7+. The molecule has 0 unspecified atom stereocenters. The highest BCUT2D eigenvalue weighted by Crippen LogP contribution is 2.28. The molecule has 0 saturated carbocycles. The minimum Gasteiger partial charge on any atom is -0.493 e. The second-order valence-electron chi connectivity index (χ2n) is 6.10. The maximum atomic E-state index is 12.1. The van der Waals surface area contributed by atoms with Crippen molar-refractivity contribution in [3.8, 4) is 11.5 Å². The molecule has 0 bridgehead atoms. The topological polar surface area (TPSA) is 88.7 Å². The fourth-order valence-electron chi connectivity index (χ4n) is 2.47. The van der Waals surface area contributed by atoms with Crippen molar-refractivity contribution in [3.63, 3.8) is 0 Å². The fraction of sp³-hybridized carbons (Fsp3) is 0.190. The maximum Gasteiger partial charge on any atom is 0.250 e. The quantitative estimate of drug-likeness (QED) is 0.496. The van der Waals surface area contributed by atoms with E-state index in [4.69, 9.17) is 21.7 Å². The van der Waals surface area contributed by atoms with E-state index in [2.05, 4.69) is 16.0 Å². The van der Waals surface area contributed by atoms with Gasteiger partial charge in [-0.1, -0.05) is 12.1 Å². The van der Waals surface area contributed by atoms with Crippen LogP contribution >= 0.6 is 12.2 Å². The predicted molar refractivity (Wildman–Crippen MR) is 118 cm³/mol. The SMILES string of the molecule is COc1ccc(/C=C/C(=O)NC(=S)Nc2ccc(C)c(NC(C)=O)c2)cc1OC. The molecule has 0 radical (unpaired) electrons. The number of carbonyl (C=O) groups excluding carboxylic acids is 2. The molecular weight excluding hydrogens is 390 g/mol. The normalized spacial score (nSPS) is 10.3. The highest BCUT2D eigenvalue weighted by Gasteiger charge is 2.06. The smallest absolute Gasteiger partial charge is 0.250 e. The lowest BCUT2D eigenvalue weighted by Gasteiger charge is -2.12. The molecule has 0 fully saturated rings. The van der Waals surface area contributed by atoms with Crippen LogP contribution in [0.15, 0.2) is 42.5 Å². The van der Waals surface area contributed by atoms with E-state index in [1.807, 2.05) is 13.0 Å². The highest BCUT2D eigenvalue weighted by atomic mass is 32.1. The summed E-state index contributed by atoms with van der Waals surface area (Å²) in [6, 6.07) is 10.7. The van der Waals surface area contributed by atoms with Gasteiger partial charge in [-0.15, -0.1) is 0 Å². The monoisotopic (exact) mass is 413 g/mol. The van der Waals surface area contributed by atoms with Gasteiger partial charge in [0.1, 0.15) is 0 Å². The predicted octanol–water partition coefficient (Wildman–Crippen LogP) is 3.50. The van der Waals surface area contributed by atoms with Crippen LogP contribution in [0.1, 0.15) is 18.1 Å². The Hall–Kier alpha value is -3.39. The highest BCUT2D eigenvalue weighted by molar-refractivity contribution is 7.80. The molecule has 0 aromatic heterocycles. The zero-order chi connectivity index (χ0) is 21.4. The second-order valence-corrected chi connectivity index (χ2v) is 6.51. The molecule has 0 aliphatic carbocycles. The Kier molecular flexibility index (Phi) is 7.73. The maximum absolute atomic E-state index is 12.1. The van der Waals surface area contributed by atoms with Crippen molar-refractivity contribution in [3.05, 3.63) is 53.6 Å². The summed E-state index contributed by atoms with van der Waals surface area (Å²) in [5.41, 5.74) is 3.01. The lowest BCUT2D eigenvalue weighted by Crippen LogP contribution is -2.32. The van der Waals surface area contributed by atoms with Crippen LogP contribution in [-0.2, 0) is 9.59 Å². The first-order valence-corrected chi connectivity index (χ1v) is 9.13. The van der Waals surface area contributed by atoms with Gasteiger partial charge in [0.2, 0.25) is 11.8 Å². The lowest BCUT2D eigenvalue weighted by atomic mass is 10.2. The Morgan fingerprint density at radius 3 is 2.38 bits per heavy atom. The van der Waals surface area contributed by atoms with Crippen LogP contribution in [-0.4, -0.2) is 31.1 Å². The number of amides is 2. The fourth-order valence-corrected chi connectivity index (χ4v) is 2.69. The van der Waals surface area contributed by atoms with E-state index in [-0.39, 0.29) is 16.9 Å². The number of hydrogen-bond donors (Lipinski definition) is 3. The number of methoxy groups -OCH3 is 2. The second kappa shape index (κ2) is 10.2. The van der Waals surface area contributed by atoms with E-state index in [9.17, 15) is 9.59 Å². The van der Waals surface area contributed by atoms with Crippen molar-refractivity contribution in [1.29, 1.82) is 0 Å². The Labute approximate surface area is 175 Å². The molecule has 7 nitrogen and oxygen atoms in total. The van der Waals surface area contributed by atoms with Gasteiger partial charge in [0.15, 0.2) is 16.6 Å². The molecule has 0 aliphatic rings. The molecule has 8 heteroatoms. The summed E-state index contributed by atoms with van der Waals surface area (Å²) in [6.07, 6.45) is 3.01. The lowest BCUT2D eigenvalue weighted by molar-refractivity contribution is -0.115. The molecule has 2 aromatic carbocycles. The number of aryl methyl sites for hydroxylation is 1. The summed E-state index contributed by atoms with van der Waals surface area (Å²) in [4.78, 5) is 23.4. The number of nitrogens with one attached hydrogen (secondary N) is 3. The van der Waals surface area contributed by atoms with Gasteiger partial charge in [-0.2, -0.15) is 0 Å². The molecule has 0 aliphatic heterocycles. The van der Waals surface area contributed by atoms with Crippen LogP contribution in [0.5, 0.6) is 11.5 Å². The molecule has 152 valence electrons. The molecule has 0 spiro atoms. The minimum absolute atomic E-state index is 0.143. The summed E-state index contributed by atoms with van der Waals surface area (Å²) in [6.45, 7) is 3.32. The third-order valence-electron chi connectivity index (χ3n) is 3.88. The summed E-state index contributed by atoms with van der Waals surface area (Å²) >= 11 is 5.18. The van der Waals surface area contributed by atoms with E-state index in [1.54, 1.807) is 50.6 Å². The Morgan fingerprint density at radius 2 is 1.72 bits per heavy atom. The first kappa shape index (κ1) is 21.9. The van der Waals surface area contributed by atoms with E-state index in [0.717, 1.165) is 11.1 Å². The van der Waals surface area contributed by atoms with E-state index in [0.29, 0.717) is 22.9 Å². The Morgan fingerprint density at radius 1 is 1.00 bits per heavy atom. The van der Waals surface area contributed by atoms with Crippen LogP contribution in [0.3, 0.4) is 0 Å². The molecular formula is C21H23N3O4S. The van der Waals surface area contributed by atoms with E-state index < -0.39 is 0 Å². The largest absolute Gasteiger partial charge is 0.493 e. The zero-order valence-corrected chi connectivity index (χ0v) is 17.5. The van der Waals surface area contributed by atoms with Crippen molar-refractivity contribution in [1.82, 2.24) is 5.32 Å². The van der Waals surface area contributed by atoms with Crippen LogP contribution in [0.25, 0.3) is 6.08 Å². The molecule has 29 heavy (non-hydrogen) atoms. The number of anilines is 2. The number of carbonyl (C=O) groups is 2. The molecule has 3 N–H and O–H groups in total. The average Bonchev–Trinajstić information content (AvgIpc) is 2.68. The van der Waals surface area contributed by atoms with Gasteiger partial charge in [-0.05, 0) is 60.6 Å². The number of rotatable bonds is 6. The first-order chi connectivity index (χ1) is 13.8. The zero-order valence-electron chi connectivity index (χ0n) is 16.7. The van der Waals surface area contributed by atoms with Gasteiger partial charge < -0.3 is 20.1 Å². The van der Waals surface area contributed by atoms with Crippen LogP contribution in [0.4, 0.5) is 11.4 Å². The molecule has 2 amide bonds. The molecule has 0 atom stereocenters. The number of thiocarbonyl (C=S) groups is 1. The van der Waals surface area contributed by atoms with Gasteiger partial charge >= 0.3 is 0 Å². The van der Waals surface area contributed by atoms with Crippen molar-refractivity contribution in [2.45, 2.75) is 13.8 Å². The molecule has 0 saturated heterocycles. The van der Waals surface area contributed by atoms with Crippen LogP contribution in [0, 0.1) is 6.92 Å². The third kappa shape index (κ3) is 6.62. The van der Waals surface area contributed by atoms with Gasteiger partial charge in [0, 0.05) is 24.4 Å². The first-order valence-electron chi connectivity index (χ1n) is 8.72. The number of benzene rings is 2. The minimum atomic E-state index is -0.383. The summed E-state index contributed by atoms with van der Waals surface area (Å²) in [5, 5.41) is 8.39. The summed E-state index contributed by atoms with van der Waals surface area (Å²) < 4.78 is 10.4. The molecule has 0 heterocycles.